The Bertz CT molecular complexity index is 692. The van der Waals surface area contributed by atoms with Gasteiger partial charge in [-0.05, 0) is 24.5 Å². The number of nitrogens with zero attached hydrogens (tertiary/aromatic N) is 1. The van der Waals surface area contributed by atoms with Gasteiger partial charge in [-0.1, -0.05) is 49.9 Å². The topological polar surface area (TPSA) is 48.9 Å². The minimum atomic E-state index is -0.810. The highest BCUT2D eigenvalue weighted by molar-refractivity contribution is 6.31. The number of rotatable bonds is 5. The van der Waals surface area contributed by atoms with Crippen molar-refractivity contribution in [2.75, 3.05) is 0 Å². The lowest BCUT2D eigenvalue weighted by Gasteiger charge is -2.40. The van der Waals surface area contributed by atoms with Crippen molar-refractivity contribution in [2.45, 2.75) is 51.6 Å². The monoisotopic (exact) mass is 318 g/mol. The van der Waals surface area contributed by atoms with Gasteiger partial charge in [-0.2, -0.15) is 5.10 Å². The summed E-state index contributed by atoms with van der Waals surface area (Å²) in [6.07, 6.45) is 9.01. The smallest absolute Gasteiger partial charge is 0.0991 e. The summed E-state index contributed by atoms with van der Waals surface area (Å²) < 4.78 is 0. The van der Waals surface area contributed by atoms with E-state index >= 15 is 0 Å². The second-order valence-corrected chi connectivity index (χ2v) is 6.89. The van der Waals surface area contributed by atoms with E-state index in [1.165, 1.54) is 18.4 Å². The summed E-state index contributed by atoms with van der Waals surface area (Å²) in [6.45, 7) is 4.48. The van der Waals surface area contributed by atoms with Crippen molar-refractivity contribution in [3.63, 3.8) is 0 Å². The minimum absolute atomic E-state index is 0.645. The number of aliphatic hydroxyl groups is 1. The second-order valence-electron chi connectivity index (χ2n) is 6.45. The van der Waals surface area contributed by atoms with Crippen molar-refractivity contribution < 1.29 is 5.11 Å². The van der Waals surface area contributed by atoms with E-state index in [-0.39, 0.29) is 0 Å². The van der Waals surface area contributed by atoms with E-state index in [1.54, 1.807) is 6.20 Å². The number of H-pyrrole nitrogens is 1. The first kappa shape index (κ1) is 15.6. The van der Waals surface area contributed by atoms with Gasteiger partial charge in [-0.15, -0.1) is 0 Å². The Morgan fingerprint density at radius 2 is 2.09 bits per heavy atom. The number of aromatic nitrogens is 2. The first-order valence-electron chi connectivity index (χ1n) is 8.09. The SMILES string of the molecule is CCC(CC)CC=C1CC(O)(c2cc(Cl)cc3cn[nH]c23)C1. The molecular weight excluding hydrogens is 296 g/mol. The molecule has 1 aromatic carbocycles. The lowest BCUT2D eigenvalue weighted by Crippen LogP contribution is -2.36. The Morgan fingerprint density at radius 3 is 2.77 bits per heavy atom. The van der Waals surface area contributed by atoms with Gasteiger partial charge in [0.05, 0.1) is 17.3 Å². The molecule has 1 saturated carbocycles. The van der Waals surface area contributed by atoms with Gasteiger partial charge < -0.3 is 5.11 Å². The quantitative estimate of drug-likeness (QED) is 0.766. The molecule has 118 valence electrons. The molecule has 0 amide bonds. The Labute approximate surface area is 136 Å². The molecule has 0 radical (unpaired) electrons. The maximum Gasteiger partial charge on any atom is 0.0991 e. The zero-order valence-corrected chi connectivity index (χ0v) is 14.0. The van der Waals surface area contributed by atoms with Crippen LogP contribution in [-0.4, -0.2) is 15.3 Å². The van der Waals surface area contributed by atoms with Crippen LogP contribution in [0.2, 0.25) is 5.02 Å². The van der Waals surface area contributed by atoms with Crippen molar-refractivity contribution in [1.82, 2.24) is 10.2 Å². The summed E-state index contributed by atoms with van der Waals surface area (Å²) in [4.78, 5) is 0. The minimum Gasteiger partial charge on any atom is -0.384 e. The van der Waals surface area contributed by atoms with Crippen LogP contribution in [0, 0.1) is 5.92 Å². The number of aromatic amines is 1. The Kier molecular flexibility index (Phi) is 4.28. The van der Waals surface area contributed by atoms with E-state index in [9.17, 15) is 5.11 Å². The molecular formula is C18H23ClN2O. The van der Waals surface area contributed by atoms with Crippen LogP contribution in [0.5, 0.6) is 0 Å². The van der Waals surface area contributed by atoms with Gasteiger partial charge >= 0.3 is 0 Å². The van der Waals surface area contributed by atoms with Gasteiger partial charge in [-0.3, -0.25) is 5.10 Å². The summed E-state index contributed by atoms with van der Waals surface area (Å²) >= 11 is 6.18. The van der Waals surface area contributed by atoms with Crippen molar-refractivity contribution >= 4 is 22.5 Å². The lowest BCUT2D eigenvalue weighted by atomic mass is 9.70. The maximum absolute atomic E-state index is 10.9. The maximum atomic E-state index is 10.9. The highest BCUT2D eigenvalue weighted by Crippen LogP contribution is 2.48. The first-order valence-corrected chi connectivity index (χ1v) is 8.47. The summed E-state index contributed by atoms with van der Waals surface area (Å²) in [6, 6.07) is 3.73. The highest BCUT2D eigenvalue weighted by Gasteiger charge is 2.41. The van der Waals surface area contributed by atoms with Gasteiger partial charge in [0, 0.05) is 28.8 Å². The van der Waals surface area contributed by atoms with Gasteiger partial charge in [-0.25, -0.2) is 0 Å². The van der Waals surface area contributed by atoms with E-state index in [0.717, 1.165) is 28.8 Å². The van der Waals surface area contributed by atoms with E-state index in [2.05, 4.69) is 30.1 Å². The molecule has 0 spiro atoms. The van der Waals surface area contributed by atoms with Crippen LogP contribution in [0.3, 0.4) is 0 Å². The number of hydrogen-bond acceptors (Lipinski definition) is 2. The largest absolute Gasteiger partial charge is 0.384 e. The van der Waals surface area contributed by atoms with Gasteiger partial charge in [0.15, 0.2) is 0 Å². The van der Waals surface area contributed by atoms with Crippen LogP contribution in [-0.2, 0) is 5.60 Å². The predicted molar refractivity (Wildman–Crippen MR) is 91.0 cm³/mol. The predicted octanol–water partition coefficient (Wildman–Crippen LogP) is 4.95. The van der Waals surface area contributed by atoms with Crippen LogP contribution < -0.4 is 0 Å². The lowest BCUT2D eigenvalue weighted by molar-refractivity contribution is -0.00121. The van der Waals surface area contributed by atoms with Crippen molar-refractivity contribution in [2.24, 2.45) is 5.92 Å². The number of fused-ring (bicyclic) bond motifs is 1. The zero-order valence-electron chi connectivity index (χ0n) is 13.2. The van der Waals surface area contributed by atoms with E-state index in [1.807, 2.05) is 12.1 Å². The number of hydrogen-bond donors (Lipinski definition) is 2. The van der Waals surface area contributed by atoms with E-state index < -0.39 is 5.60 Å². The third kappa shape index (κ3) is 2.80. The zero-order chi connectivity index (χ0) is 15.7. The van der Waals surface area contributed by atoms with Crippen LogP contribution in [0.1, 0.15) is 51.5 Å². The summed E-state index contributed by atoms with van der Waals surface area (Å²) in [5.74, 6) is 0.756. The molecule has 1 heterocycles. The second kappa shape index (κ2) is 6.05. The third-order valence-corrected chi connectivity index (χ3v) is 5.17. The number of allylic oxidation sites excluding steroid dienone is 1. The molecule has 3 nitrogen and oxygen atoms in total. The normalized spacial score (nSPS) is 21.4. The Balaban J connectivity index is 1.79. The molecule has 0 bridgehead atoms. The molecule has 22 heavy (non-hydrogen) atoms. The molecule has 0 atom stereocenters. The Hall–Kier alpha value is -1.32. The van der Waals surface area contributed by atoms with Crippen LogP contribution in [0.25, 0.3) is 10.9 Å². The van der Waals surface area contributed by atoms with Gasteiger partial charge in [0.1, 0.15) is 0 Å². The van der Waals surface area contributed by atoms with Crippen molar-refractivity contribution in [1.29, 1.82) is 0 Å². The van der Waals surface area contributed by atoms with E-state index in [0.29, 0.717) is 17.9 Å². The summed E-state index contributed by atoms with van der Waals surface area (Å²) in [5.41, 5.74) is 2.30. The summed E-state index contributed by atoms with van der Waals surface area (Å²) in [7, 11) is 0. The number of halogens is 1. The van der Waals surface area contributed by atoms with Crippen LogP contribution in [0.4, 0.5) is 0 Å². The molecule has 4 heteroatoms. The fourth-order valence-electron chi connectivity index (χ4n) is 3.38. The summed E-state index contributed by atoms with van der Waals surface area (Å²) in [5, 5.41) is 19.6. The fourth-order valence-corrected chi connectivity index (χ4v) is 3.60. The molecule has 2 aromatic rings. The van der Waals surface area contributed by atoms with Gasteiger partial charge in [0.25, 0.3) is 0 Å². The Morgan fingerprint density at radius 1 is 1.36 bits per heavy atom. The highest BCUT2D eigenvalue weighted by atomic mass is 35.5. The van der Waals surface area contributed by atoms with Crippen molar-refractivity contribution in [3.8, 4) is 0 Å². The molecule has 1 aliphatic rings. The molecule has 3 rings (SSSR count). The molecule has 1 aromatic heterocycles. The third-order valence-electron chi connectivity index (χ3n) is 4.95. The van der Waals surface area contributed by atoms with Crippen LogP contribution in [0.15, 0.2) is 30.0 Å². The average molecular weight is 319 g/mol. The average Bonchev–Trinajstić information content (AvgIpc) is 2.93. The molecule has 1 aliphatic carbocycles. The van der Waals surface area contributed by atoms with E-state index in [4.69, 9.17) is 11.6 Å². The van der Waals surface area contributed by atoms with Crippen molar-refractivity contribution in [3.05, 3.63) is 40.6 Å². The first-order chi connectivity index (χ1) is 10.6. The molecule has 0 aliphatic heterocycles. The number of nitrogens with one attached hydrogen (secondary N) is 1. The molecule has 0 unspecified atom stereocenters. The molecule has 1 fully saturated rings. The molecule has 2 N–H and O–H groups in total. The molecule has 0 saturated heterocycles. The van der Waals surface area contributed by atoms with Crippen LogP contribution >= 0.6 is 11.6 Å². The number of benzene rings is 1. The standard InChI is InChI=1S/C18H23ClN2O/c1-3-12(4-2)5-6-13-9-18(22,10-13)16-8-15(19)7-14-11-20-21-17(14)16/h6-8,11-12,22H,3-5,9-10H2,1-2H3,(H,20,21). The van der Waals surface area contributed by atoms with Gasteiger partial charge in [0.2, 0.25) is 0 Å². The fraction of sp³-hybridized carbons (Fsp3) is 0.500.